The quantitative estimate of drug-likeness (QED) is 0.525. The van der Waals surface area contributed by atoms with Crippen LogP contribution in [0.2, 0.25) is 0 Å². The second-order valence-electron chi connectivity index (χ2n) is 7.06. The van der Waals surface area contributed by atoms with Crippen LogP contribution in [0.1, 0.15) is 27.9 Å². The van der Waals surface area contributed by atoms with E-state index in [2.05, 4.69) is 0 Å². The standard InChI is InChI=1S/C20H20F3N3O3/c21-20(22,23)15-2-1-3-16(10-15)26-11-13(9-17(26)18(24)27)8-12-4-6-14(7-5-12)19(28)25-29/h1-7,10,13,17,29H,8-9,11H2,(H2,24,27)(H,25,28)/t13-,17?/m0/s1. The minimum Gasteiger partial charge on any atom is -0.368 e. The van der Waals surface area contributed by atoms with Crippen LogP contribution in [-0.2, 0) is 17.4 Å². The Balaban J connectivity index is 1.77. The molecule has 3 rings (SSSR count). The van der Waals surface area contributed by atoms with Gasteiger partial charge in [-0.2, -0.15) is 13.2 Å². The molecule has 1 unspecified atom stereocenters. The third-order valence-corrected chi connectivity index (χ3v) is 5.06. The number of halogens is 3. The molecule has 9 heteroatoms. The predicted molar refractivity (Wildman–Crippen MR) is 99.3 cm³/mol. The molecule has 0 aliphatic carbocycles. The Morgan fingerprint density at radius 2 is 1.86 bits per heavy atom. The molecule has 0 bridgehead atoms. The highest BCUT2D eigenvalue weighted by Crippen LogP contribution is 2.35. The van der Waals surface area contributed by atoms with E-state index in [0.717, 1.165) is 17.7 Å². The van der Waals surface area contributed by atoms with Gasteiger partial charge in [0.1, 0.15) is 6.04 Å². The van der Waals surface area contributed by atoms with Crippen molar-refractivity contribution in [1.29, 1.82) is 0 Å². The largest absolute Gasteiger partial charge is 0.416 e. The van der Waals surface area contributed by atoms with Crippen LogP contribution in [0, 0.1) is 5.92 Å². The van der Waals surface area contributed by atoms with Crippen molar-refractivity contribution in [2.75, 3.05) is 11.4 Å². The van der Waals surface area contributed by atoms with Gasteiger partial charge in [-0.1, -0.05) is 18.2 Å². The maximum absolute atomic E-state index is 13.0. The first-order valence-electron chi connectivity index (χ1n) is 8.95. The van der Waals surface area contributed by atoms with Crippen molar-refractivity contribution in [1.82, 2.24) is 5.48 Å². The van der Waals surface area contributed by atoms with E-state index in [1.165, 1.54) is 12.1 Å². The van der Waals surface area contributed by atoms with Crippen LogP contribution in [0.15, 0.2) is 48.5 Å². The van der Waals surface area contributed by atoms with Crippen molar-refractivity contribution in [2.24, 2.45) is 11.7 Å². The fourth-order valence-corrected chi connectivity index (χ4v) is 3.68. The Morgan fingerprint density at radius 3 is 2.45 bits per heavy atom. The molecule has 29 heavy (non-hydrogen) atoms. The Labute approximate surface area is 165 Å². The number of anilines is 1. The molecule has 2 amide bonds. The van der Waals surface area contributed by atoms with Gasteiger partial charge in [-0.3, -0.25) is 14.8 Å². The molecule has 0 aromatic heterocycles. The highest BCUT2D eigenvalue weighted by molar-refractivity contribution is 5.93. The number of nitrogens with one attached hydrogen (secondary N) is 1. The average Bonchev–Trinajstić information content (AvgIpc) is 3.11. The number of rotatable bonds is 5. The second kappa shape index (κ2) is 8.12. The SMILES string of the molecule is NC(=O)C1C[C@H](Cc2ccc(C(=O)NO)cc2)CN1c1cccc(C(F)(F)F)c1. The second-order valence-corrected chi connectivity index (χ2v) is 7.06. The molecular formula is C20H20F3N3O3. The van der Waals surface area contributed by atoms with Gasteiger partial charge in [-0.15, -0.1) is 0 Å². The molecule has 2 aromatic rings. The van der Waals surface area contributed by atoms with Crippen molar-refractivity contribution in [3.05, 3.63) is 65.2 Å². The number of carbonyl (C=O) groups is 2. The van der Waals surface area contributed by atoms with Crippen LogP contribution in [-0.4, -0.2) is 29.6 Å². The Morgan fingerprint density at radius 1 is 1.17 bits per heavy atom. The number of hydroxylamine groups is 1. The van der Waals surface area contributed by atoms with E-state index < -0.39 is 29.6 Å². The Hall–Kier alpha value is -3.07. The minimum atomic E-state index is -4.47. The van der Waals surface area contributed by atoms with Gasteiger partial charge in [-0.25, -0.2) is 5.48 Å². The van der Waals surface area contributed by atoms with Gasteiger partial charge in [0.25, 0.3) is 5.91 Å². The lowest BCUT2D eigenvalue weighted by Gasteiger charge is -2.25. The molecule has 1 heterocycles. The third kappa shape index (κ3) is 4.68. The maximum Gasteiger partial charge on any atom is 0.416 e. The van der Waals surface area contributed by atoms with Gasteiger partial charge in [0.05, 0.1) is 5.56 Å². The predicted octanol–water partition coefficient (Wildman–Crippen LogP) is 2.75. The Bertz CT molecular complexity index is 900. The van der Waals surface area contributed by atoms with E-state index in [-0.39, 0.29) is 5.92 Å². The number of primary amides is 1. The first-order chi connectivity index (χ1) is 13.7. The van der Waals surface area contributed by atoms with Crippen LogP contribution < -0.4 is 16.1 Å². The summed E-state index contributed by atoms with van der Waals surface area (Å²) < 4.78 is 39.1. The summed E-state index contributed by atoms with van der Waals surface area (Å²) in [6.07, 6.45) is -3.48. The third-order valence-electron chi connectivity index (χ3n) is 5.06. The van der Waals surface area contributed by atoms with Crippen LogP contribution in [0.3, 0.4) is 0 Å². The average molecular weight is 407 g/mol. The zero-order valence-corrected chi connectivity index (χ0v) is 15.3. The minimum absolute atomic E-state index is 0.000406. The van der Waals surface area contributed by atoms with E-state index >= 15 is 0 Å². The zero-order chi connectivity index (χ0) is 21.2. The topological polar surface area (TPSA) is 95.7 Å². The molecule has 4 N–H and O–H groups in total. The molecule has 0 radical (unpaired) electrons. The first-order valence-corrected chi connectivity index (χ1v) is 8.95. The number of carbonyl (C=O) groups excluding carboxylic acids is 2. The van der Waals surface area contributed by atoms with E-state index in [1.807, 2.05) is 0 Å². The molecular weight excluding hydrogens is 387 g/mol. The van der Waals surface area contributed by atoms with Crippen molar-refractivity contribution in [2.45, 2.75) is 25.1 Å². The van der Waals surface area contributed by atoms with Crippen LogP contribution in [0.25, 0.3) is 0 Å². The fraction of sp³-hybridized carbons (Fsp3) is 0.300. The number of nitrogens with two attached hydrogens (primary N) is 1. The number of alkyl halides is 3. The molecule has 6 nitrogen and oxygen atoms in total. The fourth-order valence-electron chi connectivity index (χ4n) is 3.68. The van der Waals surface area contributed by atoms with Crippen molar-refractivity contribution >= 4 is 17.5 Å². The first kappa shape index (κ1) is 20.7. The lowest BCUT2D eigenvalue weighted by Crippen LogP contribution is -2.40. The molecule has 2 atom stereocenters. The molecule has 1 saturated heterocycles. The number of benzene rings is 2. The monoisotopic (exact) mass is 407 g/mol. The smallest absolute Gasteiger partial charge is 0.368 e. The van der Waals surface area contributed by atoms with Crippen molar-refractivity contribution < 1.29 is 28.0 Å². The zero-order valence-electron chi connectivity index (χ0n) is 15.3. The summed E-state index contributed by atoms with van der Waals surface area (Å²) in [5, 5.41) is 8.66. The summed E-state index contributed by atoms with van der Waals surface area (Å²) >= 11 is 0. The summed E-state index contributed by atoms with van der Waals surface area (Å²) in [5.41, 5.74) is 7.78. The number of hydrogen-bond acceptors (Lipinski definition) is 4. The molecule has 0 spiro atoms. The van der Waals surface area contributed by atoms with E-state index in [0.29, 0.717) is 30.6 Å². The highest BCUT2D eigenvalue weighted by atomic mass is 19.4. The molecule has 2 aromatic carbocycles. The molecule has 154 valence electrons. The van der Waals surface area contributed by atoms with Gasteiger partial charge in [-0.05, 0) is 54.7 Å². The molecule has 1 aliphatic heterocycles. The van der Waals surface area contributed by atoms with Gasteiger partial charge in [0.15, 0.2) is 0 Å². The van der Waals surface area contributed by atoms with Gasteiger partial charge >= 0.3 is 6.18 Å². The number of hydrogen-bond donors (Lipinski definition) is 3. The normalized spacial score (nSPS) is 19.2. The van der Waals surface area contributed by atoms with Gasteiger partial charge < -0.3 is 10.6 Å². The summed E-state index contributed by atoms with van der Waals surface area (Å²) in [6, 6.07) is 10.8. The van der Waals surface area contributed by atoms with E-state index in [9.17, 15) is 22.8 Å². The lowest BCUT2D eigenvalue weighted by atomic mass is 9.96. The molecule has 1 aliphatic rings. The maximum atomic E-state index is 13.0. The number of amides is 2. The van der Waals surface area contributed by atoms with Gasteiger partial charge in [0, 0.05) is 17.8 Å². The summed E-state index contributed by atoms with van der Waals surface area (Å²) in [7, 11) is 0. The molecule has 1 fully saturated rings. The van der Waals surface area contributed by atoms with Crippen LogP contribution in [0.4, 0.5) is 18.9 Å². The van der Waals surface area contributed by atoms with Gasteiger partial charge in [0.2, 0.25) is 5.91 Å². The highest BCUT2D eigenvalue weighted by Gasteiger charge is 2.37. The van der Waals surface area contributed by atoms with Crippen molar-refractivity contribution in [3.63, 3.8) is 0 Å². The lowest BCUT2D eigenvalue weighted by molar-refractivity contribution is -0.137. The van der Waals surface area contributed by atoms with E-state index in [1.54, 1.807) is 34.6 Å². The van der Waals surface area contributed by atoms with Crippen LogP contribution in [0.5, 0.6) is 0 Å². The summed E-state index contributed by atoms with van der Waals surface area (Å²) in [4.78, 5) is 24.9. The summed E-state index contributed by atoms with van der Waals surface area (Å²) in [6.45, 7) is 0.383. The van der Waals surface area contributed by atoms with Crippen LogP contribution >= 0.6 is 0 Å². The molecule has 0 saturated carbocycles. The number of nitrogens with zero attached hydrogens (tertiary/aromatic N) is 1. The van der Waals surface area contributed by atoms with E-state index in [4.69, 9.17) is 10.9 Å². The Kier molecular flexibility index (Phi) is 5.78. The summed E-state index contributed by atoms with van der Waals surface area (Å²) in [5.74, 6) is -1.21. The van der Waals surface area contributed by atoms with Crippen molar-refractivity contribution in [3.8, 4) is 0 Å².